The van der Waals surface area contributed by atoms with E-state index in [9.17, 15) is 8.42 Å². The first-order chi connectivity index (χ1) is 8.38. The van der Waals surface area contributed by atoms with Crippen LogP contribution in [0.2, 0.25) is 0 Å². The molecular weight excluding hydrogens is 252 g/mol. The third-order valence-electron chi connectivity index (χ3n) is 3.01. The lowest BCUT2D eigenvalue weighted by Gasteiger charge is -2.33. The van der Waals surface area contributed by atoms with Gasteiger partial charge in [-0.3, -0.25) is 0 Å². The molecule has 0 aliphatic carbocycles. The van der Waals surface area contributed by atoms with Gasteiger partial charge in [0.15, 0.2) is 9.84 Å². The summed E-state index contributed by atoms with van der Waals surface area (Å²) in [6.07, 6.45) is 1.34. The molecule has 0 saturated carbocycles. The molecule has 100 valence electrons. The average molecular weight is 270 g/mol. The minimum absolute atomic E-state index is 0.160. The smallest absolute Gasteiger partial charge is 0.175 e. The molecule has 2 N–H and O–H groups in total. The van der Waals surface area contributed by atoms with E-state index in [2.05, 4.69) is 4.90 Å². The summed E-state index contributed by atoms with van der Waals surface area (Å²) in [5.41, 5.74) is 7.31. The molecule has 1 aromatic rings. The molecule has 5 nitrogen and oxygen atoms in total. The van der Waals surface area contributed by atoms with Crippen LogP contribution in [0.15, 0.2) is 23.1 Å². The van der Waals surface area contributed by atoms with E-state index in [0.717, 1.165) is 18.8 Å². The molecule has 1 aromatic carbocycles. The summed E-state index contributed by atoms with van der Waals surface area (Å²) in [5, 5.41) is 0. The van der Waals surface area contributed by atoms with Gasteiger partial charge in [0.2, 0.25) is 0 Å². The Morgan fingerprint density at radius 3 is 2.72 bits per heavy atom. The lowest BCUT2D eigenvalue weighted by Crippen LogP contribution is -2.41. The van der Waals surface area contributed by atoms with Crippen molar-refractivity contribution in [1.82, 2.24) is 0 Å². The van der Waals surface area contributed by atoms with Crippen molar-refractivity contribution in [2.45, 2.75) is 17.9 Å². The summed E-state index contributed by atoms with van der Waals surface area (Å²) in [6, 6.07) is 4.88. The Balaban J connectivity index is 2.30. The zero-order valence-electron chi connectivity index (χ0n) is 10.6. The Hall–Kier alpha value is -1.27. The molecule has 18 heavy (non-hydrogen) atoms. The fraction of sp³-hybridized carbons (Fsp3) is 0.500. The standard InChI is InChI=1S/C12H18N2O3S/c1-9-8-14(5-6-17-9)12-4-3-10(7-11(12)13)18(2,15)16/h3-4,7,9H,5-6,8,13H2,1-2H3. The summed E-state index contributed by atoms with van der Waals surface area (Å²) in [6.45, 7) is 4.21. The number of rotatable bonds is 2. The molecule has 2 rings (SSSR count). The van der Waals surface area contributed by atoms with Crippen molar-refractivity contribution in [3.05, 3.63) is 18.2 Å². The highest BCUT2D eigenvalue weighted by atomic mass is 32.2. The summed E-state index contributed by atoms with van der Waals surface area (Å²) < 4.78 is 28.3. The molecule has 1 aliphatic rings. The van der Waals surface area contributed by atoms with E-state index in [1.165, 1.54) is 12.3 Å². The second kappa shape index (κ2) is 4.78. The van der Waals surface area contributed by atoms with Crippen molar-refractivity contribution in [2.75, 3.05) is 36.6 Å². The lowest BCUT2D eigenvalue weighted by molar-refractivity contribution is 0.0533. The molecule has 6 heteroatoms. The summed E-state index contributed by atoms with van der Waals surface area (Å²) in [5.74, 6) is 0. The second-order valence-corrected chi connectivity index (χ2v) is 6.64. The molecule has 1 unspecified atom stereocenters. The monoisotopic (exact) mass is 270 g/mol. The fourth-order valence-corrected chi connectivity index (χ4v) is 2.74. The van der Waals surface area contributed by atoms with Gasteiger partial charge in [-0.2, -0.15) is 0 Å². The molecule has 0 amide bonds. The normalized spacial score (nSPS) is 21.0. The van der Waals surface area contributed by atoms with Gasteiger partial charge in [-0.05, 0) is 25.1 Å². The molecule has 0 radical (unpaired) electrons. The number of hydrogen-bond donors (Lipinski definition) is 1. The van der Waals surface area contributed by atoms with Crippen LogP contribution in [-0.4, -0.2) is 40.5 Å². The van der Waals surface area contributed by atoms with Gasteiger partial charge < -0.3 is 15.4 Å². The van der Waals surface area contributed by atoms with Crippen molar-refractivity contribution >= 4 is 21.2 Å². The van der Waals surface area contributed by atoms with Crippen molar-refractivity contribution in [3.63, 3.8) is 0 Å². The first-order valence-electron chi connectivity index (χ1n) is 5.84. The van der Waals surface area contributed by atoms with Gasteiger partial charge in [0.05, 0.1) is 29.0 Å². The Kier molecular flexibility index (Phi) is 3.49. The summed E-state index contributed by atoms with van der Waals surface area (Å²) in [7, 11) is -3.21. The summed E-state index contributed by atoms with van der Waals surface area (Å²) >= 11 is 0. The predicted molar refractivity (Wildman–Crippen MR) is 71.6 cm³/mol. The molecule has 0 aromatic heterocycles. The zero-order valence-corrected chi connectivity index (χ0v) is 11.4. The number of nitrogen functional groups attached to an aromatic ring is 1. The van der Waals surface area contributed by atoms with Gasteiger partial charge >= 0.3 is 0 Å². The van der Waals surface area contributed by atoms with E-state index < -0.39 is 9.84 Å². The molecular formula is C12H18N2O3S. The maximum Gasteiger partial charge on any atom is 0.175 e. The van der Waals surface area contributed by atoms with Crippen LogP contribution < -0.4 is 10.6 Å². The van der Waals surface area contributed by atoms with Crippen LogP contribution in [0.1, 0.15) is 6.92 Å². The molecule has 0 spiro atoms. The van der Waals surface area contributed by atoms with Gasteiger partial charge in [-0.25, -0.2) is 8.42 Å². The first-order valence-corrected chi connectivity index (χ1v) is 7.73. The quantitative estimate of drug-likeness (QED) is 0.808. The van der Waals surface area contributed by atoms with Gasteiger partial charge in [0.25, 0.3) is 0 Å². The van der Waals surface area contributed by atoms with Crippen molar-refractivity contribution < 1.29 is 13.2 Å². The molecule has 0 bridgehead atoms. The number of ether oxygens (including phenoxy) is 1. The molecule has 1 atom stereocenters. The van der Waals surface area contributed by atoms with E-state index in [1.807, 2.05) is 6.92 Å². The number of benzene rings is 1. The molecule has 1 fully saturated rings. The van der Waals surface area contributed by atoms with Crippen LogP contribution in [0.25, 0.3) is 0 Å². The Morgan fingerprint density at radius 1 is 1.44 bits per heavy atom. The Labute approximate surface area is 107 Å². The zero-order chi connectivity index (χ0) is 13.3. The number of sulfone groups is 1. The van der Waals surface area contributed by atoms with Crippen LogP contribution in [-0.2, 0) is 14.6 Å². The average Bonchev–Trinajstić information content (AvgIpc) is 2.27. The third kappa shape index (κ3) is 2.76. The highest BCUT2D eigenvalue weighted by molar-refractivity contribution is 7.90. The van der Waals surface area contributed by atoms with Crippen LogP contribution in [0.3, 0.4) is 0 Å². The number of hydrogen-bond acceptors (Lipinski definition) is 5. The minimum Gasteiger partial charge on any atom is -0.397 e. The Morgan fingerprint density at radius 2 is 2.17 bits per heavy atom. The van der Waals surface area contributed by atoms with Crippen LogP contribution in [0, 0.1) is 0 Å². The maximum atomic E-state index is 11.4. The maximum absolute atomic E-state index is 11.4. The number of morpholine rings is 1. The van der Waals surface area contributed by atoms with E-state index in [1.54, 1.807) is 12.1 Å². The first kappa shape index (κ1) is 13.2. The van der Waals surface area contributed by atoms with E-state index in [0.29, 0.717) is 12.3 Å². The topological polar surface area (TPSA) is 72.6 Å². The van der Waals surface area contributed by atoms with Crippen LogP contribution in [0.4, 0.5) is 11.4 Å². The van der Waals surface area contributed by atoms with Crippen molar-refractivity contribution in [2.24, 2.45) is 0 Å². The predicted octanol–water partition coefficient (Wildman–Crippen LogP) is 0.897. The molecule has 1 aliphatic heterocycles. The highest BCUT2D eigenvalue weighted by Crippen LogP contribution is 2.27. The third-order valence-corrected chi connectivity index (χ3v) is 4.12. The van der Waals surface area contributed by atoms with E-state index in [4.69, 9.17) is 10.5 Å². The van der Waals surface area contributed by atoms with Gasteiger partial charge in [0.1, 0.15) is 0 Å². The SMILES string of the molecule is CC1CN(c2ccc(S(C)(=O)=O)cc2N)CCO1. The number of anilines is 2. The van der Waals surface area contributed by atoms with Crippen LogP contribution >= 0.6 is 0 Å². The van der Waals surface area contributed by atoms with Crippen LogP contribution in [0.5, 0.6) is 0 Å². The van der Waals surface area contributed by atoms with Crippen molar-refractivity contribution in [1.29, 1.82) is 0 Å². The summed E-state index contributed by atoms with van der Waals surface area (Å²) in [4.78, 5) is 2.38. The van der Waals surface area contributed by atoms with Gasteiger partial charge in [-0.1, -0.05) is 0 Å². The molecule has 1 heterocycles. The minimum atomic E-state index is -3.21. The van der Waals surface area contributed by atoms with E-state index >= 15 is 0 Å². The number of nitrogens with zero attached hydrogens (tertiary/aromatic N) is 1. The van der Waals surface area contributed by atoms with Gasteiger partial charge in [0, 0.05) is 19.3 Å². The highest BCUT2D eigenvalue weighted by Gasteiger charge is 2.19. The Bertz CT molecular complexity index is 542. The van der Waals surface area contributed by atoms with E-state index in [-0.39, 0.29) is 11.0 Å². The lowest BCUT2D eigenvalue weighted by atomic mass is 10.2. The van der Waals surface area contributed by atoms with Crippen molar-refractivity contribution in [3.8, 4) is 0 Å². The number of nitrogens with two attached hydrogens (primary N) is 1. The van der Waals surface area contributed by atoms with Gasteiger partial charge in [-0.15, -0.1) is 0 Å². The fourth-order valence-electron chi connectivity index (χ4n) is 2.09. The second-order valence-electron chi connectivity index (χ2n) is 4.62. The largest absolute Gasteiger partial charge is 0.397 e. The molecule has 1 saturated heterocycles.